The van der Waals surface area contributed by atoms with Crippen molar-refractivity contribution in [2.75, 3.05) is 65.8 Å². The maximum atomic E-state index is 13.0. The Morgan fingerprint density at radius 1 is 0.967 bits per heavy atom. The molecule has 1 fully saturated rings. The molecule has 2 aromatic rings. The van der Waals surface area contributed by atoms with Crippen LogP contribution in [0.25, 0.3) is 0 Å². The average Bonchev–Trinajstić information content (AvgIpc) is 2.75. The molecule has 0 saturated carbocycles. The highest BCUT2D eigenvalue weighted by Gasteiger charge is 2.22. The SMILES string of the molecule is CN1CCN(CC(NC(=O)N(C)Cc2ccc(N(C)C)cc2)c2ccccc2)CC1. The van der Waals surface area contributed by atoms with E-state index in [1.165, 1.54) is 0 Å². The summed E-state index contributed by atoms with van der Waals surface area (Å²) in [5.41, 5.74) is 3.42. The smallest absolute Gasteiger partial charge is 0.317 e. The highest BCUT2D eigenvalue weighted by Crippen LogP contribution is 2.17. The molecule has 0 aliphatic carbocycles. The standard InChI is InChI=1S/C24H35N5O/c1-26(2)22-12-10-20(11-13-22)18-28(4)24(30)25-23(21-8-6-5-7-9-21)19-29-16-14-27(3)15-17-29/h5-13,23H,14-19H2,1-4H3,(H,25,30). The van der Waals surface area contributed by atoms with Crippen molar-refractivity contribution in [3.8, 4) is 0 Å². The van der Waals surface area contributed by atoms with E-state index in [1.54, 1.807) is 4.90 Å². The van der Waals surface area contributed by atoms with E-state index in [2.05, 4.69) is 63.5 Å². The molecule has 0 aromatic heterocycles. The molecule has 6 nitrogen and oxygen atoms in total. The number of anilines is 1. The summed E-state index contributed by atoms with van der Waals surface area (Å²) in [6.45, 7) is 5.61. The van der Waals surface area contributed by atoms with E-state index in [0.29, 0.717) is 6.54 Å². The lowest BCUT2D eigenvalue weighted by Gasteiger charge is -2.35. The van der Waals surface area contributed by atoms with Crippen LogP contribution >= 0.6 is 0 Å². The fourth-order valence-electron chi connectivity index (χ4n) is 3.71. The Balaban J connectivity index is 1.63. The molecule has 162 valence electrons. The van der Waals surface area contributed by atoms with Gasteiger partial charge in [-0.25, -0.2) is 4.79 Å². The molecular weight excluding hydrogens is 374 g/mol. The quantitative estimate of drug-likeness (QED) is 0.764. The third-order valence-corrected chi connectivity index (χ3v) is 5.76. The van der Waals surface area contributed by atoms with Gasteiger partial charge in [-0.3, -0.25) is 4.90 Å². The molecule has 0 bridgehead atoms. The zero-order valence-electron chi connectivity index (χ0n) is 18.7. The van der Waals surface area contributed by atoms with E-state index >= 15 is 0 Å². The summed E-state index contributed by atoms with van der Waals surface area (Å²) < 4.78 is 0. The normalized spacial score (nSPS) is 16.1. The predicted octanol–water partition coefficient (Wildman–Crippen LogP) is 2.88. The van der Waals surface area contributed by atoms with Crippen LogP contribution in [0.2, 0.25) is 0 Å². The molecule has 1 aliphatic rings. The first-order valence-corrected chi connectivity index (χ1v) is 10.7. The number of amides is 2. The number of piperazine rings is 1. The van der Waals surface area contributed by atoms with Crippen molar-refractivity contribution in [2.45, 2.75) is 12.6 Å². The summed E-state index contributed by atoms with van der Waals surface area (Å²) in [5, 5.41) is 3.26. The van der Waals surface area contributed by atoms with Gasteiger partial charge in [-0.2, -0.15) is 0 Å². The minimum absolute atomic E-state index is 0.0272. The monoisotopic (exact) mass is 409 g/mol. The zero-order chi connectivity index (χ0) is 21.5. The summed E-state index contributed by atoms with van der Waals surface area (Å²) in [6.07, 6.45) is 0. The van der Waals surface area contributed by atoms with E-state index in [0.717, 1.165) is 49.5 Å². The largest absolute Gasteiger partial charge is 0.378 e. The van der Waals surface area contributed by atoms with Gasteiger partial charge in [0, 0.05) is 66.1 Å². The fourth-order valence-corrected chi connectivity index (χ4v) is 3.71. The minimum Gasteiger partial charge on any atom is -0.378 e. The van der Waals surface area contributed by atoms with Crippen molar-refractivity contribution < 1.29 is 4.79 Å². The first kappa shape index (κ1) is 22.1. The van der Waals surface area contributed by atoms with Gasteiger partial charge in [-0.1, -0.05) is 42.5 Å². The molecule has 1 heterocycles. The van der Waals surface area contributed by atoms with Gasteiger partial charge in [-0.05, 0) is 30.3 Å². The zero-order valence-corrected chi connectivity index (χ0v) is 18.7. The van der Waals surface area contributed by atoms with Crippen molar-refractivity contribution >= 4 is 11.7 Å². The molecule has 1 N–H and O–H groups in total. The molecule has 1 aliphatic heterocycles. The van der Waals surface area contributed by atoms with Crippen LogP contribution in [0.4, 0.5) is 10.5 Å². The number of likely N-dealkylation sites (N-methyl/N-ethyl adjacent to an activating group) is 1. The van der Waals surface area contributed by atoms with Crippen LogP contribution < -0.4 is 10.2 Å². The lowest BCUT2D eigenvalue weighted by molar-refractivity contribution is 0.140. The van der Waals surface area contributed by atoms with Crippen LogP contribution in [0.1, 0.15) is 17.2 Å². The predicted molar refractivity (Wildman–Crippen MR) is 124 cm³/mol. The Morgan fingerprint density at radius 2 is 1.60 bits per heavy atom. The number of nitrogens with zero attached hydrogens (tertiary/aromatic N) is 4. The van der Waals surface area contributed by atoms with Crippen molar-refractivity contribution in [1.29, 1.82) is 0 Å². The Kier molecular flexibility index (Phi) is 7.71. The molecule has 3 rings (SSSR count). The van der Waals surface area contributed by atoms with Crippen molar-refractivity contribution in [3.05, 3.63) is 65.7 Å². The summed E-state index contributed by atoms with van der Waals surface area (Å²) in [7, 11) is 8.07. The number of urea groups is 1. The summed E-state index contributed by atoms with van der Waals surface area (Å²) in [5.74, 6) is 0. The topological polar surface area (TPSA) is 42.1 Å². The number of rotatable bonds is 7. The molecule has 6 heteroatoms. The van der Waals surface area contributed by atoms with Gasteiger partial charge in [0.25, 0.3) is 0 Å². The highest BCUT2D eigenvalue weighted by molar-refractivity contribution is 5.74. The Hall–Kier alpha value is -2.57. The molecule has 2 amide bonds. The fraction of sp³-hybridized carbons (Fsp3) is 0.458. The maximum absolute atomic E-state index is 13.0. The van der Waals surface area contributed by atoms with Gasteiger partial charge >= 0.3 is 6.03 Å². The lowest BCUT2D eigenvalue weighted by atomic mass is 10.1. The number of nitrogens with one attached hydrogen (secondary N) is 1. The molecule has 30 heavy (non-hydrogen) atoms. The van der Waals surface area contributed by atoms with Crippen LogP contribution in [0.5, 0.6) is 0 Å². The summed E-state index contributed by atoms with van der Waals surface area (Å²) in [6, 6.07) is 18.5. The van der Waals surface area contributed by atoms with Crippen molar-refractivity contribution in [1.82, 2.24) is 20.0 Å². The average molecular weight is 410 g/mol. The van der Waals surface area contributed by atoms with Crippen molar-refractivity contribution in [2.24, 2.45) is 0 Å². The third kappa shape index (κ3) is 6.21. The van der Waals surface area contributed by atoms with Crippen LogP contribution in [-0.2, 0) is 6.54 Å². The molecule has 1 saturated heterocycles. The second-order valence-corrected chi connectivity index (χ2v) is 8.43. The first-order chi connectivity index (χ1) is 14.4. The third-order valence-electron chi connectivity index (χ3n) is 5.76. The number of hydrogen-bond acceptors (Lipinski definition) is 4. The Morgan fingerprint density at radius 3 is 2.20 bits per heavy atom. The number of hydrogen-bond donors (Lipinski definition) is 1. The van der Waals surface area contributed by atoms with E-state index in [4.69, 9.17) is 0 Å². The van der Waals surface area contributed by atoms with Crippen LogP contribution in [0, 0.1) is 0 Å². The molecule has 2 aromatic carbocycles. The van der Waals surface area contributed by atoms with Crippen molar-refractivity contribution in [3.63, 3.8) is 0 Å². The van der Waals surface area contributed by atoms with Crippen LogP contribution in [0.15, 0.2) is 54.6 Å². The van der Waals surface area contributed by atoms with Gasteiger partial charge in [0.05, 0.1) is 6.04 Å². The number of carbonyl (C=O) groups excluding carboxylic acids is 1. The van der Waals surface area contributed by atoms with Gasteiger partial charge < -0.3 is 20.0 Å². The molecule has 1 unspecified atom stereocenters. The van der Waals surface area contributed by atoms with E-state index < -0.39 is 0 Å². The van der Waals surface area contributed by atoms with Gasteiger partial charge in [0.15, 0.2) is 0 Å². The van der Waals surface area contributed by atoms with E-state index in [-0.39, 0.29) is 12.1 Å². The maximum Gasteiger partial charge on any atom is 0.317 e. The molecule has 0 radical (unpaired) electrons. The molecular formula is C24H35N5O. The molecule has 1 atom stereocenters. The second-order valence-electron chi connectivity index (χ2n) is 8.43. The van der Waals surface area contributed by atoms with Gasteiger partial charge in [0.1, 0.15) is 0 Å². The van der Waals surface area contributed by atoms with E-state index in [1.807, 2.05) is 39.3 Å². The summed E-state index contributed by atoms with van der Waals surface area (Å²) in [4.78, 5) is 21.6. The second kappa shape index (κ2) is 10.5. The molecule has 0 spiro atoms. The van der Waals surface area contributed by atoms with E-state index in [9.17, 15) is 4.79 Å². The van der Waals surface area contributed by atoms with Crippen LogP contribution in [-0.4, -0.2) is 81.6 Å². The van der Waals surface area contributed by atoms with Crippen LogP contribution in [0.3, 0.4) is 0 Å². The number of carbonyl (C=O) groups is 1. The Labute approximate surface area is 181 Å². The summed E-state index contributed by atoms with van der Waals surface area (Å²) >= 11 is 0. The highest BCUT2D eigenvalue weighted by atomic mass is 16.2. The number of benzene rings is 2. The van der Waals surface area contributed by atoms with Gasteiger partial charge in [0.2, 0.25) is 0 Å². The first-order valence-electron chi connectivity index (χ1n) is 10.7. The van der Waals surface area contributed by atoms with Gasteiger partial charge in [-0.15, -0.1) is 0 Å². The minimum atomic E-state index is -0.0466. The lowest BCUT2D eigenvalue weighted by Crippen LogP contribution is -2.49. The Bertz CT molecular complexity index is 785.